The van der Waals surface area contributed by atoms with E-state index in [-0.39, 0.29) is 6.03 Å². The molecule has 0 saturated heterocycles. The van der Waals surface area contributed by atoms with E-state index in [9.17, 15) is 4.79 Å². The largest absolute Gasteiger partial charge is 0.444 e. The fourth-order valence-electron chi connectivity index (χ4n) is 2.95. The molecule has 0 aliphatic rings. The van der Waals surface area contributed by atoms with Crippen LogP contribution in [0.3, 0.4) is 0 Å². The van der Waals surface area contributed by atoms with E-state index in [0.717, 1.165) is 27.4 Å². The van der Waals surface area contributed by atoms with Crippen molar-refractivity contribution in [3.8, 4) is 22.7 Å². The molecule has 0 atom stereocenters. The summed E-state index contributed by atoms with van der Waals surface area (Å²) in [5.74, 6) is 0.537. The maximum Gasteiger partial charge on any atom is 0.323 e. The lowest BCUT2D eigenvalue weighted by atomic mass is 10.1. The third-order valence-corrected chi connectivity index (χ3v) is 5.29. The standard InChI is InChI=1S/C24H21N3O2S/c1-16-6-8-17(9-7-16)22-15-29-23(27-22)18-10-12-19(13-11-18)25-24(28)26-20-4-3-5-21(14-20)30-2/h3-15H,1-2H3,(H2,25,26,28). The summed E-state index contributed by atoms with van der Waals surface area (Å²) >= 11 is 1.63. The molecule has 0 bridgehead atoms. The second kappa shape index (κ2) is 8.88. The van der Waals surface area contributed by atoms with Crippen LogP contribution in [-0.4, -0.2) is 17.3 Å². The zero-order valence-electron chi connectivity index (χ0n) is 16.7. The summed E-state index contributed by atoms with van der Waals surface area (Å²) in [6, 6.07) is 22.9. The molecule has 0 aliphatic heterocycles. The monoisotopic (exact) mass is 415 g/mol. The van der Waals surface area contributed by atoms with E-state index < -0.39 is 0 Å². The minimum absolute atomic E-state index is 0.293. The molecule has 0 unspecified atom stereocenters. The molecule has 0 spiro atoms. The van der Waals surface area contributed by atoms with Gasteiger partial charge in [-0.05, 0) is 55.6 Å². The fraction of sp³-hybridized carbons (Fsp3) is 0.0833. The number of oxazole rings is 1. The van der Waals surface area contributed by atoms with Crippen molar-refractivity contribution in [1.29, 1.82) is 0 Å². The molecule has 3 aromatic carbocycles. The number of urea groups is 1. The van der Waals surface area contributed by atoms with Crippen molar-refractivity contribution in [2.24, 2.45) is 0 Å². The highest BCUT2D eigenvalue weighted by molar-refractivity contribution is 7.98. The molecule has 4 rings (SSSR count). The summed E-state index contributed by atoms with van der Waals surface area (Å²) in [7, 11) is 0. The smallest absolute Gasteiger partial charge is 0.323 e. The fourth-order valence-corrected chi connectivity index (χ4v) is 3.41. The number of nitrogens with zero attached hydrogens (tertiary/aromatic N) is 1. The van der Waals surface area contributed by atoms with Gasteiger partial charge in [0.2, 0.25) is 5.89 Å². The van der Waals surface area contributed by atoms with Gasteiger partial charge in [-0.3, -0.25) is 0 Å². The minimum atomic E-state index is -0.293. The minimum Gasteiger partial charge on any atom is -0.444 e. The van der Waals surface area contributed by atoms with Gasteiger partial charge in [-0.25, -0.2) is 9.78 Å². The van der Waals surface area contributed by atoms with Gasteiger partial charge in [0, 0.05) is 27.4 Å². The molecule has 6 heteroatoms. The Morgan fingerprint density at radius 3 is 2.33 bits per heavy atom. The SMILES string of the molecule is CSc1cccc(NC(=O)Nc2ccc(-c3nc(-c4ccc(C)cc4)co3)cc2)c1. The van der Waals surface area contributed by atoms with Crippen LogP contribution in [0.2, 0.25) is 0 Å². The van der Waals surface area contributed by atoms with Crippen LogP contribution in [-0.2, 0) is 0 Å². The number of amides is 2. The summed E-state index contributed by atoms with van der Waals surface area (Å²) in [5, 5.41) is 5.68. The first kappa shape index (κ1) is 19.8. The van der Waals surface area contributed by atoms with E-state index in [4.69, 9.17) is 4.42 Å². The zero-order valence-corrected chi connectivity index (χ0v) is 17.5. The Kier molecular flexibility index (Phi) is 5.86. The van der Waals surface area contributed by atoms with Crippen molar-refractivity contribution in [2.75, 3.05) is 16.9 Å². The van der Waals surface area contributed by atoms with Crippen molar-refractivity contribution < 1.29 is 9.21 Å². The van der Waals surface area contributed by atoms with E-state index in [2.05, 4.69) is 22.5 Å². The second-order valence-electron chi connectivity index (χ2n) is 6.79. The van der Waals surface area contributed by atoms with Crippen LogP contribution in [0.5, 0.6) is 0 Å². The van der Waals surface area contributed by atoms with E-state index in [1.807, 2.05) is 79.1 Å². The van der Waals surface area contributed by atoms with Gasteiger partial charge in [0.1, 0.15) is 12.0 Å². The van der Waals surface area contributed by atoms with Crippen molar-refractivity contribution in [1.82, 2.24) is 4.98 Å². The number of aromatic nitrogens is 1. The summed E-state index contributed by atoms with van der Waals surface area (Å²) in [5.41, 5.74) is 5.27. The molecule has 0 fully saturated rings. The van der Waals surface area contributed by atoms with Gasteiger partial charge < -0.3 is 15.1 Å². The Labute approximate surface area is 179 Å². The summed E-state index contributed by atoms with van der Waals surface area (Å²) in [6.07, 6.45) is 3.65. The number of hydrogen-bond acceptors (Lipinski definition) is 4. The lowest BCUT2D eigenvalue weighted by molar-refractivity contribution is 0.262. The highest BCUT2D eigenvalue weighted by Crippen LogP contribution is 2.26. The Balaban J connectivity index is 1.41. The number of thioether (sulfide) groups is 1. The predicted molar refractivity (Wildman–Crippen MR) is 123 cm³/mol. The number of carbonyl (C=O) groups is 1. The Morgan fingerprint density at radius 1 is 0.900 bits per heavy atom. The number of aryl methyl sites for hydroxylation is 1. The predicted octanol–water partition coefficient (Wildman–Crippen LogP) is 6.68. The molecule has 0 saturated carbocycles. The van der Waals surface area contributed by atoms with Crippen LogP contribution in [0.1, 0.15) is 5.56 Å². The van der Waals surface area contributed by atoms with Gasteiger partial charge >= 0.3 is 6.03 Å². The summed E-state index contributed by atoms with van der Waals surface area (Å²) in [6.45, 7) is 2.05. The molecule has 150 valence electrons. The lowest BCUT2D eigenvalue weighted by Gasteiger charge is -2.08. The molecule has 2 amide bonds. The molecule has 4 aromatic rings. The number of rotatable bonds is 5. The topological polar surface area (TPSA) is 67.2 Å². The third-order valence-electron chi connectivity index (χ3n) is 4.57. The van der Waals surface area contributed by atoms with Crippen molar-refractivity contribution in [3.05, 3.63) is 84.6 Å². The Bertz CT molecular complexity index is 1150. The van der Waals surface area contributed by atoms with Gasteiger partial charge in [0.25, 0.3) is 0 Å². The zero-order chi connectivity index (χ0) is 20.9. The number of hydrogen-bond donors (Lipinski definition) is 2. The van der Waals surface area contributed by atoms with E-state index in [0.29, 0.717) is 11.6 Å². The highest BCUT2D eigenvalue weighted by Gasteiger charge is 2.09. The van der Waals surface area contributed by atoms with Crippen LogP contribution in [0.25, 0.3) is 22.7 Å². The molecule has 0 aliphatic carbocycles. The van der Waals surface area contributed by atoms with E-state index in [1.54, 1.807) is 18.0 Å². The first-order chi connectivity index (χ1) is 14.6. The van der Waals surface area contributed by atoms with Crippen LogP contribution >= 0.6 is 11.8 Å². The van der Waals surface area contributed by atoms with Crippen molar-refractivity contribution in [3.63, 3.8) is 0 Å². The summed E-state index contributed by atoms with van der Waals surface area (Å²) in [4.78, 5) is 17.9. The van der Waals surface area contributed by atoms with Crippen LogP contribution in [0.4, 0.5) is 16.2 Å². The molecule has 1 heterocycles. The number of carbonyl (C=O) groups excluding carboxylic acids is 1. The maximum absolute atomic E-state index is 12.3. The molecule has 0 radical (unpaired) electrons. The Hall–Kier alpha value is -3.51. The van der Waals surface area contributed by atoms with E-state index in [1.165, 1.54) is 5.56 Å². The number of nitrogens with one attached hydrogen (secondary N) is 2. The number of benzene rings is 3. The average Bonchev–Trinajstić information content (AvgIpc) is 3.25. The van der Waals surface area contributed by atoms with Gasteiger partial charge in [0.05, 0.1) is 0 Å². The normalized spacial score (nSPS) is 10.6. The Morgan fingerprint density at radius 2 is 1.60 bits per heavy atom. The van der Waals surface area contributed by atoms with Crippen molar-refractivity contribution >= 4 is 29.2 Å². The third kappa shape index (κ3) is 4.72. The van der Waals surface area contributed by atoms with Gasteiger partial charge in [0.15, 0.2) is 0 Å². The molecule has 30 heavy (non-hydrogen) atoms. The molecular weight excluding hydrogens is 394 g/mol. The quantitative estimate of drug-likeness (QED) is 0.357. The molecule has 1 aromatic heterocycles. The van der Waals surface area contributed by atoms with Gasteiger partial charge in [-0.1, -0.05) is 35.9 Å². The molecule has 5 nitrogen and oxygen atoms in total. The average molecular weight is 416 g/mol. The first-order valence-corrected chi connectivity index (χ1v) is 10.7. The van der Waals surface area contributed by atoms with Crippen molar-refractivity contribution in [2.45, 2.75) is 11.8 Å². The van der Waals surface area contributed by atoms with E-state index >= 15 is 0 Å². The maximum atomic E-state index is 12.3. The van der Waals surface area contributed by atoms with Gasteiger partial charge in [-0.15, -0.1) is 11.8 Å². The second-order valence-corrected chi connectivity index (χ2v) is 7.67. The molecular formula is C24H21N3O2S. The number of anilines is 2. The first-order valence-electron chi connectivity index (χ1n) is 9.46. The van der Waals surface area contributed by atoms with Crippen LogP contribution in [0, 0.1) is 6.92 Å². The van der Waals surface area contributed by atoms with Crippen LogP contribution in [0.15, 0.2) is 88.4 Å². The van der Waals surface area contributed by atoms with Gasteiger partial charge in [-0.2, -0.15) is 0 Å². The molecule has 2 N–H and O–H groups in total. The lowest BCUT2D eigenvalue weighted by Crippen LogP contribution is -2.19. The van der Waals surface area contributed by atoms with Crippen LogP contribution < -0.4 is 10.6 Å². The summed E-state index contributed by atoms with van der Waals surface area (Å²) < 4.78 is 5.64. The highest BCUT2D eigenvalue weighted by atomic mass is 32.2.